The number of nitrogens with zero attached hydrogens (tertiary/aromatic N) is 5. The molecule has 0 aliphatic carbocycles. The summed E-state index contributed by atoms with van der Waals surface area (Å²) in [6.45, 7) is 3.76. The number of carboxylic acids is 2. The fourth-order valence-electron chi connectivity index (χ4n) is 2.93. The summed E-state index contributed by atoms with van der Waals surface area (Å²) in [6, 6.07) is 10.5. The molecule has 0 aliphatic heterocycles. The number of carboxylic acid groups (broad SMARTS) is 2. The van der Waals surface area contributed by atoms with Crippen LogP contribution in [0.1, 0.15) is 31.3 Å². The number of rotatable bonds is 6. The summed E-state index contributed by atoms with van der Waals surface area (Å²) in [5, 5.41) is 32.4. The second-order valence-electron chi connectivity index (χ2n) is 6.81. The van der Waals surface area contributed by atoms with E-state index in [1.165, 1.54) is 33.1 Å². The van der Waals surface area contributed by atoms with Gasteiger partial charge in [-0.05, 0) is 71.0 Å². The van der Waals surface area contributed by atoms with Crippen molar-refractivity contribution in [3.63, 3.8) is 0 Å². The Kier molecular flexibility index (Phi) is 7.28. The maximum absolute atomic E-state index is 11.5. The number of thiazole rings is 1. The first-order chi connectivity index (χ1) is 15.3. The van der Waals surface area contributed by atoms with Crippen molar-refractivity contribution in [2.24, 2.45) is 0 Å². The van der Waals surface area contributed by atoms with Gasteiger partial charge in [0.25, 0.3) is 5.82 Å². The largest absolute Gasteiger partial charge is 1.00 e. The number of ether oxygens (including phenoxy) is 1. The second-order valence-corrected chi connectivity index (χ2v) is 7.99. The summed E-state index contributed by atoms with van der Waals surface area (Å²) >= 11 is 1.36. The topological polar surface area (TPSA) is 137 Å². The molecule has 4 aromatic rings. The third-order valence-electron chi connectivity index (χ3n) is 4.71. The van der Waals surface area contributed by atoms with Crippen LogP contribution in [-0.2, 0) is 0 Å². The smallest absolute Gasteiger partial charge is 0.545 e. The van der Waals surface area contributed by atoms with Crippen LogP contribution in [0.4, 0.5) is 0 Å². The summed E-state index contributed by atoms with van der Waals surface area (Å²) in [5.74, 6) is -2.09. The Labute approximate surface area is 214 Å². The molecule has 12 heteroatoms. The number of aryl methyl sites for hydroxylation is 2. The maximum Gasteiger partial charge on any atom is 1.00 e. The molecule has 0 N–H and O–H groups in total. The maximum atomic E-state index is 11.5. The molecular formula is C21H16N5NaO5S. The van der Waals surface area contributed by atoms with Crippen molar-refractivity contribution in [2.75, 3.05) is 7.11 Å². The first-order valence-electron chi connectivity index (χ1n) is 9.33. The minimum atomic E-state index is -1.53. The Hall–Kier alpha value is -3.12. The normalized spacial score (nSPS) is 10.5. The molecule has 0 saturated heterocycles. The molecule has 162 valence electrons. The van der Waals surface area contributed by atoms with E-state index in [4.69, 9.17) is 4.74 Å². The molecular weight excluding hydrogens is 457 g/mol. The van der Waals surface area contributed by atoms with Gasteiger partial charge in [0.05, 0.1) is 19.0 Å². The van der Waals surface area contributed by atoms with E-state index in [1.54, 1.807) is 31.4 Å². The van der Waals surface area contributed by atoms with Gasteiger partial charge in [-0.25, -0.2) is 0 Å². The number of methoxy groups -OCH3 is 1. The van der Waals surface area contributed by atoms with Gasteiger partial charge in [-0.3, -0.25) is 0 Å². The molecule has 0 atom stereocenters. The fourth-order valence-corrected chi connectivity index (χ4v) is 3.78. The molecule has 0 bridgehead atoms. The number of aromatic carboxylic acids is 2. The van der Waals surface area contributed by atoms with Gasteiger partial charge in [0, 0.05) is 26.7 Å². The Morgan fingerprint density at radius 1 is 1.03 bits per heavy atom. The summed E-state index contributed by atoms with van der Waals surface area (Å²) in [5.41, 5.74) is 0.947. The minimum Gasteiger partial charge on any atom is -0.545 e. The molecule has 0 spiro atoms. The molecule has 4 rings (SSSR count). The SMILES string of the molecule is COc1ccc(-c2nn(-c3cc(C(=O)[O-])cc(C(=O)[O-])c3)[n+](-c3nc(C)c(C)s3)n2)cc1.[Na+]. The Morgan fingerprint density at radius 2 is 1.64 bits per heavy atom. The zero-order chi connectivity index (χ0) is 23.0. The van der Waals surface area contributed by atoms with Crippen molar-refractivity contribution in [1.82, 2.24) is 20.0 Å². The Balaban J connectivity index is 0.00000306. The Morgan fingerprint density at radius 3 is 2.12 bits per heavy atom. The van der Waals surface area contributed by atoms with Gasteiger partial charge in [-0.15, -0.1) is 0 Å². The third-order valence-corrected chi connectivity index (χ3v) is 5.75. The van der Waals surface area contributed by atoms with Crippen LogP contribution in [0.5, 0.6) is 5.75 Å². The van der Waals surface area contributed by atoms with Crippen molar-refractivity contribution in [2.45, 2.75) is 13.8 Å². The van der Waals surface area contributed by atoms with Gasteiger partial charge in [-0.1, -0.05) is 16.3 Å². The summed E-state index contributed by atoms with van der Waals surface area (Å²) in [7, 11) is 1.56. The number of benzene rings is 2. The average molecular weight is 473 g/mol. The molecule has 0 unspecified atom stereocenters. The van der Waals surface area contributed by atoms with Crippen LogP contribution in [0.3, 0.4) is 0 Å². The summed E-state index contributed by atoms with van der Waals surface area (Å²) < 4.78 is 5.18. The van der Waals surface area contributed by atoms with Crippen LogP contribution >= 0.6 is 11.3 Å². The van der Waals surface area contributed by atoms with E-state index in [0.29, 0.717) is 22.3 Å². The number of carbonyl (C=O) groups excluding carboxylic acids is 2. The summed E-state index contributed by atoms with van der Waals surface area (Å²) in [6.07, 6.45) is 0. The van der Waals surface area contributed by atoms with Gasteiger partial charge >= 0.3 is 34.7 Å². The second kappa shape index (κ2) is 9.79. The van der Waals surface area contributed by atoms with Gasteiger partial charge in [0.1, 0.15) is 17.1 Å². The van der Waals surface area contributed by atoms with Crippen LogP contribution < -0.4 is 49.3 Å². The molecule has 0 fully saturated rings. The first-order valence-corrected chi connectivity index (χ1v) is 10.1. The van der Waals surface area contributed by atoms with E-state index in [1.807, 2.05) is 13.8 Å². The molecule has 2 aromatic heterocycles. The summed E-state index contributed by atoms with van der Waals surface area (Å²) in [4.78, 5) is 31.0. The van der Waals surface area contributed by atoms with E-state index in [9.17, 15) is 19.8 Å². The van der Waals surface area contributed by atoms with Crippen molar-refractivity contribution < 1.29 is 58.9 Å². The van der Waals surface area contributed by atoms with E-state index in [2.05, 4.69) is 15.2 Å². The predicted molar refractivity (Wildman–Crippen MR) is 109 cm³/mol. The predicted octanol–water partition coefficient (Wildman–Crippen LogP) is -2.98. The van der Waals surface area contributed by atoms with Crippen molar-refractivity contribution in [3.8, 4) is 28.0 Å². The monoisotopic (exact) mass is 473 g/mol. The van der Waals surface area contributed by atoms with E-state index in [0.717, 1.165) is 16.6 Å². The number of aromatic nitrogens is 5. The number of hydrogen-bond donors (Lipinski definition) is 0. The third kappa shape index (κ3) is 4.96. The van der Waals surface area contributed by atoms with Crippen LogP contribution in [0.2, 0.25) is 0 Å². The molecule has 0 saturated carbocycles. The van der Waals surface area contributed by atoms with Crippen molar-refractivity contribution in [3.05, 3.63) is 64.2 Å². The van der Waals surface area contributed by atoms with Crippen LogP contribution in [0.15, 0.2) is 42.5 Å². The zero-order valence-electron chi connectivity index (χ0n) is 18.2. The number of hydrogen-bond acceptors (Lipinski definition) is 9. The van der Waals surface area contributed by atoms with Gasteiger partial charge in [0.2, 0.25) is 0 Å². The van der Waals surface area contributed by atoms with Crippen LogP contribution in [0.25, 0.3) is 22.2 Å². The molecule has 0 radical (unpaired) electrons. The van der Waals surface area contributed by atoms with Crippen LogP contribution in [0, 0.1) is 13.8 Å². The minimum absolute atomic E-state index is 0. The standard InChI is InChI=1S/C21H17N5O5S.Na/c1-11-12(2)32-21(22-11)26-24-18(13-4-6-17(31-3)7-5-13)23-25(26)16-9-14(19(27)28)8-15(10-16)20(29)30;/h4-10H,1-3H3,(H-,27,28,29,30);/q;+1/p-1. The van der Waals surface area contributed by atoms with E-state index < -0.39 is 11.9 Å². The Bertz CT molecular complexity index is 1300. The molecule has 2 aromatic carbocycles. The van der Waals surface area contributed by atoms with Gasteiger partial charge in [0.15, 0.2) is 0 Å². The van der Waals surface area contributed by atoms with E-state index in [-0.39, 0.29) is 46.4 Å². The first kappa shape index (κ1) is 24.5. The van der Waals surface area contributed by atoms with Crippen molar-refractivity contribution in [1.29, 1.82) is 0 Å². The molecule has 0 aliphatic rings. The molecule has 10 nitrogen and oxygen atoms in total. The average Bonchev–Trinajstić information content (AvgIpc) is 3.37. The van der Waals surface area contributed by atoms with Gasteiger partial charge in [-0.2, -0.15) is 0 Å². The molecule has 33 heavy (non-hydrogen) atoms. The number of carbonyl (C=O) groups is 2. The quantitative estimate of drug-likeness (QED) is 0.214. The number of tetrazole rings is 1. The van der Waals surface area contributed by atoms with E-state index >= 15 is 0 Å². The van der Waals surface area contributed by atoms with Crippen molar-refractivity contribution >= 4 is 23.3 Å². The van der Waals surface area contributed by atoms with Crippen LogP contribution in [-0.4, -0.2) is 39.0 Å². The van der Waals surface area contributed by atoms with Gasteiger partial charge < -0.3 is 24.5 Å². The zero-order valence-corrected chi connectivity index (χ0v) is 21.0. The molecule has 2 heterocycles. The molecule has 0 amide bonds. The fraction of sp³-hybridized carbons (Fsp3) is 0.143.